The van der Waals surface area contributed by atoms with Crippen molar-refractivity contribution in [1.29, 1.82) is 0 Å². The number of rotatable bonds is 11. The van der Waals surface area contributed by atoms with Crippen molar-refractivity contribution in [2.45, 2.75) is 13.3 Å². The molecule has 0 saturated carbocycles. The average Bonchev–Trinajstić information content (AvgIpc) is 2.61. The van der Waals surface area contributed by atoms with Crippen LogP contribution in [0.4, 0.5) is 0 Å². The van der Waals surface area contributed by atoms with Gasteiger partial charge in [-0.05, 0) is 20.0 Å². The van der Waals surface area contributed by atoms with Crippen molar-refractivity contribution >= 4 is 5.96 Å². The van der Waals surface area contributed by atoms with E-state index in [1.807, 2.05) is 7.05 Å². The van der Waals surface area contributed by atoms with Crippen molar-refractivity contribution < 1.29 is 4.74 Å². The minimum Gasteiger partial charge on any atom is -0.385 e. The Morgan fingerprint density at radius 1 is 1.08 bits per heavy atom. The molecule has 24 heavy (non-hydrogen) atoms. The van der Waals surface area contributed by atoms with Crippen LogP contribution in [0.2, 0.25) is 0 Å². The first-order valence-electron chi connectivity index (χ1n) is 9.26. The van der Waals surface area contributed by atoms with E-state index < -0.39 is 0 Å². The third-order valence-corrected chi connectivity index (χ3v) is 4.53. The van der Waals surface area contributed by atoms with Gasteiger partial charge in [-0.3, -0.25) is 9.89 Å². The fourth-order valence-corrected chi connectivity index (χ4v) is 2.84. The largest absolute Gasteiger partial charge is 0.385 e. The van der Waals surface area contributed by atoms with Crippen molar-refractivity contribution in [3.8, 4) is 0 Å². The van der Waals surface area contributed by atoms with E-state index in [-0.39, 0.29) is 0 Å². The molecule has 142 valence electrons. The standard InChI is InChI=1S/C17H38N6O/c1-5-22-12-14-23(15-13-22)11-8-20-17(18-2)19-7-10-21(3)9-6-16-24-4/h5-16H2,1-4H3,(H2,18,19,20). The number of nitrogens with zero attached hydrogens (tertiary/aromatic N) is 4. The Kier molecular flexibility index (Phi) is 11.8. The van der Waals surface area contributed by atoms with Crippen molar-refractivity contribution in [2.75, 3.05) is 93.3 Å². The van der Waals surface area contributed by atoms with E-state index in [1.54, 1.807) is 7.11 Å². The SMILES string of the molecule is CCN1CCN(CCNC(=NC)NCCN(C)CCCOC)CC1. The van der Waals surface area contributed by atoms with E-state index in [4.69, 9.17) is 4.74 Å². The molecular weight excluding hydrogens is 304 g/mol. The zero-order chi connectivity index (χ0) is 17.6. The van der Waals surface area contributed by atoms with Crippen LogP contribution in [0.1, 0.15) is 13.3 Å². The number of aliphatic imine (C=N–C) groups is 1. The van der Waals surface area contributed by atoms with Crippen molar-refractivity contribution in [3.63, 3.8) is 0 Å². The van der Waals surface area contributed by atoms with E-state index in [0.29, 0.717) is 0 Å². The Bertz CT molecular complexity index is 331. The highest BCUT2D eigenvalue weighted by molar-refractivity contribution is 5.79. The molecule has 0 spiro atoms. The molecule has 0 amide bonds. The number of piperazine rings is 1. The van der Waals surface area contributed by atoms with Crippen LogP contribution in [-0.2, 0) is 4.74 Å². The molecule has 0 aromatic heterocycles. The number of ether oxygens (including phenoxy) is 1. The average molecular weight is 343 g/mol. The molecule has 1 heterocycles. The molecule has 1 rings (SSSR count). The first-order valence-corrected chi connectivity index (χ1v) is 9.26. The van der Waals surface area contributed by atoms with Crippen molar-refractivity contribution in [1.82, 2.24) is 25.3 Å². The second-order valence-corrected chi connectivity index (χ2v) is 6.35. The van der Waals surface area contributed by atoms with Gasteiger partial charge in [0.2, 0.25) is 0 Å². The van der Waals surface area contributed by atoms with Gasteiger partial charge < -0.3 is 25.2 Å². The molecule has 0 atom stereocenters. The minimum absolute atomic E-state index is 0.827. The summed E-state index contributed by atoms with van der Waals surface area (Å²) in [6.07, 6.45) is 1.07. The van der Waals surface area contributed by atoms with Crippen LogP contribution < -0.4 is 10.6 Å². The molecule has 0 radical (unpaired) electrons. The third-order valence-electron chi connectivity index (χ3n) is 4.53. The summed E-state index contributed by atoms with van der Waals surface area (Å²) in [5.74, 6) is 0.896. The Morgan fingerprint density at radius 2 is 1.75 bits per heavy atom. The Balaban J connectivity index is 2.06. The summed E-state index contributed by atoms with van der Waals surface area (Å²) in [4.78, 5) is 11.6. The molecule has 0 aromatic rings. The topological polar surface area (TPSA) is 55.4 Å². The molecule has 0 bridgehead atoms. The number of hydrogen-bond acceptors (Lipinski definition) is 5. The van der Waals surface area contributed by atoms with Crippen LogP contribution in [0.5, 0.6) is 0 Å². The number of guanidine groups is 1. The summed E-state index contributed by atoms with van der Waals surface area (Å²) >= 11 is 0. The van der Waals surface area contributed by atoms with E-state index in [9.17, 15) is 0 Å². The van der Waals surface area contributed by atoms with Crippen LogP contribution in [0.3, 0.4) is 0 Å². The van der Waals surface area contributed by atoms with Gasteiger partial charge in [-0.15, -0.1) is 0 Å². The fraction of sp³-hybridized carbons (Fsp3) is 0.941. The van der Waals surface area contributed by atoms with Crippen LogP contribution in [0, 0.1) is 0 Å². The van der Waals surface area contributed by atoms with Crippen LogP contribution in [0.25, 0.3) is 0 Å². The van der Waals surface area contributed by atoms with Gasteiger partial charge in [-0.1, -0.05) is 6.92 Å². The van der Waals surface area contributed by atoms with Crippen molar-refractivity contribution in [2.24, 2.45) is 4.99 Å². The lowest BCUT2D eigenvalue weighted by atomic mass is 10.3. The number of nitrogens with one attached hydrogen (secondary N) is 2. The van der Waals surface area contributed by atoms with Gasteiger partial charge in [-0.25, -0.2) is 0 Å². The number of hydrogen-bond donors (Lipinski definition) is 2. The zero-order valence-corrected chi connectivity index (χ0v) is 16.2. The second-order valence-electron chi connectivity index (χ2n) is 6.35. The first-order chi connectivity index (χ1) is 11.7. The number of methoxy groups -OCH3 is 1. The van der Waals surface area contributed by atoms with E-state index >= 15 is 0 Å². The molecule has 1 saturated heterocycles. The van der Waals surface area contributed by atoms with Gasteiger partial charge in [0.25, 0.3) is 0 Å². The Hall–Kier alpha value is -0.890. The maximum Gasteiger partial charge on any atom is 0.191 e. The molecule has 7 heteroatoms. The van der Waals surface area contributed by atoms with Gasteiger partial charge in [-0.2, -0.15) is 0 Å². The van der Waals surface area contributed by atoms with Gasteiger partial charge in [0.1, 0.15) is 0 Å². The molecule has 1 aliphatic heterocycles. The summed E-state index contributed by atoms with van der Waals surface area (Å²) in [7, 11) is 5.72. The monoisotopic (exact) mass is 342 g/mol. The summed E-state index contributed by atoms with van der Waals surface area (Å²) in [5, 5.41) is 6.80. The smallest absolute Gasteiger partial charge is 0.191 e. The highest BCUT2D eigenvalue weighted by atomic mass is 16.5. The molecule has 0 aromatic carbocycles. The van der Waals surface area contributed by atoms with Gasteiger partial charge in [0, 0.05) is 79.7 Å². The lowest BCUT2D eigenvalue weighted by molar-refractivity contribution is 0.139. The lowest BCUT2D eigenvalue weighted by Crippen LogP contribution is -2.49. The summed E-state index contributed by atoms with van der Waals surface area (Å²) in [5.41, 5.74) is 0. The molecule has 0 aliphatic carbocycles. The minimum atomic E-state index is 0.827. The predicted molar refractivity (Wildman–Crippen MR) is 102 cm³/mol. The molecule has 0 unspecified atom stereocenters. The summed E-state index contributed by atoms with van der Waals surface area (Å²) in [6.45, 7) is 14.0. The van der Waals surface area contributed by atoms with Gasteiger partial charge in [0.05, 0.1) is 0 Å². The molecule has 2 N–H and O–H groups in total. The van der Waals surface area contributed by atoms with E-state index in [0.717, 1.165) is 51.7 Å². The third kappa shape index (κ3) is 9.42. The second kappa shape index (κ2) is 13.4. The highest BCUT2D eigenvalue weighted by Crippen LogP contribution is 1.99. The van der Waals surface area contributed by atoms with Crippen LogP contribution >= 0.6 is 0 Å². The lowest BCUT2D eigenvalue weighted by Gasteiger charge is -2.34. The maximum atomic E-state index is 5.08. The van der Waals surface area contributed by atoms with Crippen LogP contribution in [-0.4, -0.2) is 114 Å². The summed E-state index contributed by atoms with van der Waals surface area (Å²) in [6, 6.07) is 0. The normalized spacial score (nSPS) is 17.5. The Labute approximate surface area is 148 Å². The molecule has 7 nitrogen and oxygen atoms in total. The molecular formula is C17H38N6O. The van der Waals surface area contributed by atoms with Crippen molar-refractivity contribution in [3.05, 3.63) is 0 Å². The molecule has 1 fully saturated rings. The zero-order valence-electron chi connectivity index (χ0n) is 16.2. The quantitative estimate of drug-likeness (QED) is 0.307. The molecule has 1 aliphatic rings. The fourth-order valence-electron chi connectivity index (χ4n) is 2.84. The summed E-state index contributed by atoms with van der Waals surface area (Å²) < 4.78 is 5.08. The highest BCUT2D eigenvalue weighted by Gasteiger charge is 2.14. The first kappa shape index (κ1) is 21.2. The van der Waals surface area contributed by atoms with E-state index in [2.05, 4.69) is 44.3 Å². The maximum absolute atomic E-state index is 5.08. The Morgan fingerprint density at radius 3 is 2.38 bits per heavy atom. The number of likely N-dealkylation sites (N-methyl/N-ethyl adjacent to an activating group) is 2. The van der Waals surface area contributed by atoms with E-state index in [1.165, 1.54) is 32.7 Å². The van der Waals surface area contributed by atoms with Gasteiger partial charge in [0.15, 0.2) is 5.96 Å². The van der Waals surface area contributed by atoms with Crippen LogP contribution in [0.15, 0.2) is 4.99 Å². The van der Waals surface area contributed by atoms with Gasteiger partial charge >= 0.3 is 0 Å². The predicted octanol–water partition coefficient (Wildman–Crippen LogP) is -0.243.